The van der Waals surface area contributed by atoms with Crippen molar-refractivity contribution in [3.8, 4) is 0 Å². The summed E-state index contributed by atoms with van der Waals surface area (Å²) >= 11 is 0. The van der Waals surface area contributed by atoms with Crippen LogP contribution in [0.15, 0.2) is 23.8 Å². The van der Waals surface area contributed by atoms with Gasteiger partial charge in [-0.3, -0.25) is 4.79 Å². The minimum absolute atomic E-state index is 0.0282. The lowest BCUT2D eigenvalue weighted by Gasteiger charge is -2.18. The fourth-order valence-electron chi connectivity index (χ4n) is 1.45. The van der Waals surface area contributed by atoms with Gasteiger partial charge in [-0.2, -0.15) is 0 Å². The Labute approximate surface area is 79.7 Å². The Kier molecular flexibility index (Phi) is 3.29. The summed E-state index contributed by atoms with van der Waals surface area (Å²) in [6, 6.07) is 0.140. The van der Waals surface area contributed by atoms with E-state index in [0.717, 1.165) is 6.42 Å². The molecule has 0 aromatic carbocycles. The number of amides is 1. The van der Waals surface area contributed by atoms with E-state index < -0.39 is 0 Å². The first-order chi connectivity index (χ1) is 6.09. The number of carbonyl (C=O) groups is 1. The third-order valence-electron chi connectivity index (χ3n) is 2.26. The summed E-state index contributed by atoms with van der Waals surface area (Å²) < 4.78 is 0. The van der Waals surface area contributed by atoms with E-state index in [2.05, 4.69) is 30.5 Å². The minimum atomic E-state index is 0.0282. The molecular formula is C11H17NO. The Morgan fingerprint density at radius 2 is 2.38 bits per heavy atom. The van der Waals surface area contributed by atoms with Crippen LogP contribution in [0.4, 0.5) is 0 Å². The maximum Gasteiger partial charge on any atom is 0.217 e. The van der Waals surface area contributed by atoms with Crippen molar-refractivity contribution in [3.63, 3.8) is 0 Å². The van der Waals surface area contributed by atoms with Crippen molar-refractivity contribution in [2.75, 3.05) is 0 Å². The van der Waals surface area contributed by atoms with Gasteiger partial charge in [-0.1, -0.05) is 25.2 Å². The molecule has 0 bridgehead atoms. The van der Waals surface area contributed by atoms with Crippen molar-refractivity contribution in [3.05, 3.63) is 23.8 Å². The maximum atomic E-state index is 10.8. The van der Waals surface area contributed by atoms with Gasteiger partial charge in [-0.05, 0) is 24.8 Å². The van der Waals surface area contributed by atoms with Crippen molar-refractivity contribution in [2.45, 2.75) is 33.2 Å². The van der Waals surface area contributed by atoms with Crippen LogP contribution in [0, 0.1) is 5.92 Å². The van der Waals surface area contributed by atoms with Gasteiger partial charge in [0.2, 0.25) is 5.91 Å². The number of allylic oxidation sites excluding steroid dienone is 2. The molecule has 0 saturated carbocycles. The molecule has 0 spiro atoms. The van der Waals surface area contributed by atoms with Gasteiger partial charge in [0.1, 0.15) is 0 Å². The van der Waals surface area contributed by atoms with E-state index in [1.807, 2.05) is 6.92 Å². The first kappa shape index (κ1) is 10.0. The van der Waals surface area contributed by atoms with Crippen LogP contribution in [0.3, 0.4) is 0 Å². The molecule has 2 unspecified atom stereocenters. The number of nitrogens with one attached hydrogen (secondary N) is 1. The lowest BCUT2D eigenvalue weighted by molar-refractivity contribution is -0.119. The zero-order valence-electron chi connectivity index (χ0n) is 8.50. The summed E-state index contributed by atoms with van der Waals surface area (Å²) in [7, 11) is 0. The van der Waals surface area contributed by atoms with Crippen LogP contribution in [0.2, 0.25) is 0 Å². The van der Waals surface area contributed by atoms with Crippen molar-refractivity contribution < 1.29 is 4.79 Å². The van der Waals surface area contributed by atoms with Crippen LogP contribution >= 0.6 is 0 Å². The molecule has 1 aliphatic rings. The number of hydrogen-bond acceptors (Lipinski definition) is 1. The second kappa shape index (κ2) is 4.26. The summed E-state index contributed by atoms with van der Waals surface area (Å²) in [4.78, 5) is 10.8. The molecule has 0 aromatic rings. The van der Waals surface area contributed by atoms with Gasteiger partial charge < -0.3 is 5.32 Å². The SMILES string of the molecule is CC(=O)NC(C)C1=CCC(C)C=C1. The molecule has 1 amide bonds. The number of carbonyl (C=O) groups excluding carboxylic acids is 1. The van der Waals surface area contributed by atoms with Gasteiger partial charge in [0.05, 0.1) is 6.04 Å². The number of rotatable bonds is 2. The smallest absolute Gasteiger partial charge is 0.217 e. The second-order valence-corrected chi connectivity index (χ2v) is 3.70. The molecule has 0 saturated heterocycles. The third-order valence-corrected chi connectivity index (χ3v) is 2.26. The Hall–Kier alpha value is -1.05. The first-order valence-electron chi connectivity index (χ1n) is 4.75. The normalized spacial score (nSPS) is 23.6. The molecule has 1 aliphatic carbocycles. The molecule has 2 atom stereocenters. The van der Waals surface area contributed by atoms with E-state index in [1.165, 1.54) is 5.57 Å². The summed E-state index contributed by atoms with van der Waals surface area (Å²) in [5.74, 6) is 0.661. The van der Waals surface area contributed by atoms with E-state index in [4.69, 9.17) is 0 Å². The fraction of sp³-hybridized carbons (Fsp3) is 0.545. The quantitative estimate of drug-likeness (QED) is 0.690. The van der Waals surface area contributed by atoms with Crippen LogP contribution in [-0.2, 0) is 4.79 Å². The highest BCUT2D eigenvalue weighted by Gasteiger charge is 2.10. The van der Waals surface area contributed by atoms with E-state index in [-0.39, 0.29) is 11.9 Å². The fourth-order valence-corrected chi connectivity index (χ4v) is 1.45. The Morgan fingerprint density at radius 1 is 1.69 bits per heavy atom. The Morgan fingerprint density at radius 3 is 2.85 bits per heavy atom. The molecule has 72 valence electrons. The molecule has 2 heteroatoms. The molecule has 1 N–H and O–H groups in total. The molecule has 13 heavy (non-hydrogen) atoms. The minimum Gasteiger partial charge on any atom is -0.350 e. The van der Waals surface area contributed by atoms with Crippen molar-refractivity contribution in [1.29, 1.82) is 0 Å². The van der Waals surface area contributed by atoms with E-state index in [9.17, 15) is 4.79 Å². The van der Waals surface area contributed by atoms with Crippen molar-refractivity contribution in [1.82, 2.24) is 5.32 Å². The Balaban J connectivity index is 2.53. The average Bonchev–Trinajstić information content (AvgIpc) is 2.04. The van der Waals surface area contributed by atoms with E-state index in [1.54, 1.807) is 6.92 Å². The van der Waals surface area contributed by atoms with Crippen molar-refractivity contribution in [2.24, 2.45) is 5.92 Å². The molecule has 0 aromatic heterocycles. The molecule has 1 rings (SSSR count). The maximum absolute atomic E-state index is 10.8. The third kappa shape index (κ3) is 3.05. The number of hydrogen-bond donors (Lipinski definition) is 1. The molecule has 0 aliphatic heterocycles. The molecule has 2 nitrogen and oxygen atoms in total. The van der Waals surface area contributed by atoms with Gasteiger partial charge in [-0.15, -0.1) is 0 Å². The van der Waals surface area contributed by atoms with Gasteiger partial charge >= 0.3 is 0 Å². The summed E-state index contributed by atoms with van der Waals surface area (Å²) in [5.41, 5.74) is 1.22. The summed E-state index contributed by atoms with van der Waals surface area (Å²) in [6.07, 6.45) is 7.57. The predicted molar refractivity (Wildman–Crippen MR) is 54.3 cm³/mol. The van der Waals surface area contributed by atoms with Gasteiger partial charge in [0, 0.05) is 6.92 Å². The summed E-state index contributed by atoms with van der Waals surface area (Å²) in [5, 5.41) is 2.87. The zero-order valence-corrected chi connectivity index (χ0v) is 8.50. The van der Waals surface area contributed by atoms with Crippen LogP contribution in [0.5, 0.6) is 0 Å². The van der Waals surface area contributed by atoms with Crippen LogP contribution in [0.1, 0.15) is 27.2 Å². The van der Waals surface area contributed by atoms with Crippen molar-refractivity contribution >= 4 is 5.91 Å². The van der Waals surface area contributed by atoms with Crippen LogP contribution in [-0.4, -0.2) is 11.9 Å². The van der Waals surface area contributed by atoms with Crippen LogP contribution < -0.4 is 5.32 Å². The lowest BCUT2D eigenvalue weighted by atomic mass is 9.95. The van der Waals surface area contributed by atoms with E-state index >= 15 is 0 Å². The highest BCUT2D eigenvalue weighted by Crippen LogP contribution is 2.17. The standard InChI is InChI=1S/C11H17NO/c1-8-4-6-11(7-5-8)9(2)12-10(3)13/h4,6-9H,5H2,1-3H3,(H,12,13). The van der Waals surface area contributed by atoms with Gasteiger partial charge in [-0.25, -0.2) is 0 Å². The largest absolute Gasteiger partial charge is 0.350 e. The van der Waals surface area contributed by atoms with E-state index in [0.29, 0.717) is 5.92 Å². The highest BCUT2D eigenvalue weighted by molar-refractivity contribution is 5.73. The van der Waals surface area contributed by atoms with Gasteiger partial charge in [0.15, 0.2) is 0 Å². The average molecular weight is 179 g/mol. The lowest BCUT2D eigenvalue weighted by Crippen LogP contribution is -2.31. The topological polar surface area (TPSA) is 29.1 Å². The predicted octanol–water partition coefficient (Wildman–Crippen LogP) is 2.03. The summed E-state index contributed by atoms with van der Waals surface area (Å²) in [6.45, 7) is 5.74. The highest BCUT2D eigenvalue weighted by atomic mass is 16.1. The second-order valence-electron chi connectivity index (χ2n) is 3.70. The first-order valence-corrected chi connectivity index (χ1v) is 4.75. The van der Waals surface area contributed by atoms with Crippen LogP contribution in [0.25, 0.3) is 0 Å². The zero-order chi connectivity index (χ0) is 9.84. The Bertz CT molecular complexity index is 253. The monoisotopic (exact) mass is 179 g/mol. The molecule has 0 fully saturated rings. The molecule has 0 radical (unpaired) electrons. The van der Waals surface area contributed by atoms with Gasteiger partial charge in [0.25, 0.3) is 0 Å². The molecular weight excluding hydrogens is 162 g/mol. The molecule has 0 heterocycles.